The zero-order chi connectivity index (χ0) is 29.8. The molecular weight excluding hydrogens is 545 g/mol. The standard InChI is InChI=1S/C35H38FN3O4/c1-24-31(34(40)3-2-20-42-23-26-4-5-26)14-15-33-32(24)22-39(37-33)21-25-16-18-38(19-17-25)35(41)27-6-10-29(11-7-27)43-30-12-8-28(36)9-13-30/h6-15,22,25-26H,2-5,16-21,23H2,1H3. The summed E-state index contributed by atoms with van der Waals surface area (Å²) in [5.41, 5.74) is 3.29. The predicted octanol–water partition coefficient (Wildman–Crippen LogP) is 7.22. The van der Waals surface area contributed by atoms with Gasteiger partial charge in [0, 0.05) is 62.0 Å². The van der Waals surface area contributed by atoms with E-state index in [0.717, 1.165) is 60.4 Å². The Kier molecular flexibility index (Phi) is 8.84. The number of piperidine rings is 1. The topological polar surface area (TPSA) is 73.7 Å². The number of carbonyl (C=O) groups is 2. The number of nitrogens with zero attached hydrogens (tertiary/aromatic N) is 3. The van der Waals surface area contributed by atoms with Crippen molar-refractivity contribution < 1.29 is 23.5 Å². The summed E-state index contributed by atoms with van der Waals surface area (Å²) in [4.78, 5) is 27.9. The Balaban J connectivity index is 0.990. The van der Waals surface area contributed by atoms with Gasteiger partial charge in [-0.25, -0.2) is 4.39 Å². The summed E-state index contributed by atoms with van der Waals surface area (Å²) in [6.45, 7) is 5.66. The Bertz CT molecular complexity index is 1570. The first kappa shape index (κ1) is 29.1. The molecule has 0 atom stereocenters. The highest BCUT2D eigenvalue weighted by molar-refractivity contribution is 6.01. The third-order valence-corrected chi connectivity index (χ3v) is 8.55. The van der Waals surface area contributed by atoms with Gasteiger partial charge in [0.15, 0.2) is 5.78 Å². The number of fused-ring (bicyclic) bond motifs is 1. The Morgan fingerprint density at radius 3 is 2.30 bits per heavy atom. The molecule has 2 fully saturated rings. The fraction of sp³-hybridized carbons (Fsp3) is 0.400. The van der Waals surface area contributed by atoms with Crippen LogP contribution in [0, 0.1) is 24.6 Å². The van der Waals surface area contributed by atoms with Gasteiger partial charge in [-0.05, 0) is 117 Å². The van der Waals surface area contributed by atoms with Crippen molar-refractivity contribution in [3.8, 4) is 11.5 Å². The number of aryl methyl sites for hydroxylation is 1. The molecule has 1 saturated carbocycles. The maximum atomic E-state index is 13.1. The van der Waals surface area contributed by atoms with Crippen molar-refractivity contribution in [1.82, 2.24) is 14.7 Å². The van der Waals surface area contributed by atoms with Crippen LogP contribution in [0.1, 0.15) is 64.8 Å². The Hall–Kier alpha value is -4.04. The monoisotopic (exact) mass is 583 g/mol. The van der Waals surface area contributed by atoms with Crippen LogP contribution in [0.15, 0.2) is 66.9 Å². The molecule has 0 unspecified atom stereocenters. The summed E-state index contributed by atoms with van der Waals surface area (Å²) in [7, 11) is 0. The summed E-state index contributed by atoms with van der Waals surface area (Å²) < 4.78 is 26.6. The first-order chi connectivity index (χ1) is 20.9. The van der Waals surface area contributed by atoms with Gasteiger partial charge in [-0.2, -0.15) is 5.10 Å². The second-order valence-corrected chi connectivity index (χ2v) is 11.9. The Labute approximate surface area is 251 Å². The lowest BCUT2D eigenvalue weighted by Crippen LogP contribution is -2.39. The molecule has 0 N–H and O–H groups in total. The molecule has 3 aromatic carbocycles. The lowest BCUT2D eigenvalue weighted by atomic mass is 9.96. The third-order valence-electron chi connectivity index (χ3n) is 8.55. The number of ether oxygens (including phenoxy) is 2. The van der Waals surface area contributed by atoms with E-state index in [1.54, 1.807) is 36.4 Å². The van der Waals surface area contributed by atoms with E-state index in [1.807, 2.05) is 28.6 Å². The molecular formula is C35H38FN3O4. The van der Waals surface area contributed by atoms with Crippen LogP contribution >= 0.6 is 0 Å². The molecule has 6 rings (SSSR count). The number of halogens is 1. The summed E-state index contributed by atoms with van der Waals surface area (Å²) >= 11 is 0. The molecule has 1 aliphatic heterocycles. The third kappa shape index (κ3) is 7.31. The lowest BCUT2D eigenvalue weighted by Gasteiger charge is -2.32. The summed E-state index contributed by atoms with van der Waals surface area (Å²) in [6.07, 6.45) is 7.67. The largest absolute Gasteiger partial charge is 0.457 e. The van der Waals surface area contributed by atoms with Gasteiger partial charge in [0.25, 0.3) is 5.91 Å². The van der Waals surface area contributed by atoms with Crippen LogP contribution in [0.2, 0.25) is 0 Å². The molecule has 1 aliphatic carbocycles. The van der Waals surface area contributed by atoms with Gasteiger partial charge in [-0.1, -0.05) is 0 Å². The fourth-order valence-electron chi connectivity index (χ4n) is 5.75. The minimum absolute atomic E-state index is 0.0129. The number of rotatable bonds is 12. The Morgan fingerprint density at radius 1 is 0.907 bits per heavy atom. The number of amides is 1. The fourth-order valence-corrected chi connectivity index (χ4v) is 5.75. The number of benzene rings is 3. The molecule has 1 aromatic heterocycles. The summed E-state index contributed by atoms with van der Waals surface area (Å²) in [5.74, 6) is 2.15. The van der Waals surface area contributed by atoms with E-state index in [-0.39, 0.29) is 17.5 Å². The van der Waals surface area contributed by atoms with Crippen molar-refractivity contribution >= 4 is 22.6 Å². The average molecular weight is 584 g/mol. The van der Waals surface area contributed by atoms with Crippen molar-refractivity contribution in [1.29, 1.82) is 0 Å². The van der Waals surface area contributed by atoms with E-state index in [2.05, 4.69) is 6.20 Å². The van der Waals surface area contributed by atoms with Crippen molar-refractivity contribution in [2.24, 2.45) is 11.8 Å². The molecule has 0 spiro atoms. The van der Waals surface area contributed by atoms with Gasteiger partial charge in [-0.3, -0.25) is 14.3 Å². The molecule has 4 aromatic rings. The van der Waals surface area contributed by atoms with Gasteiger partial charge in [0.1, 0.15) is 17.3 Å². The summed E-state index contributed by atoms with van der Waals surface area (Å²) in [5, 5.41) is 5.82. The van der Waals surface area contributed by atoms with Gasteiger partial charge in [0.05, 0.1) is 5.52 Å². The van der Waals surface area contributed by atoms with Gasteiger partial charge in [-0.15, -0.1) is 0 Å². The van der Waals surface area contributed by atoms with E-state index in [1.165, 1.54) is 25.0 Å². The van der Waals surface area contributed by atoms with Gasteiger partial charge >= 0.3 is 0 Å². The number of Topliss-reactive ketones (excluding diaryl/α,β-unsaturated/α-hetero) is 1. The molecule has 224 valence electrons. The number of hydrogen-bond donors (Lipinski definition) is 0. The van der Waals surface area contributed by atoms with Crippen LogP contribution in [0.4, 0.5) is 4.39 Å². The first-order valence-electron chi connectivity index (χ1n) is 15.3. The number of ketones is 1. The first-order valence-corrected chi connectivity index (χ1v) is 15.3. The highest BCUT2D eigenvalue weighted by Gasteiger charge is 2.25. The number of likely N-dealkylation sites (tertiary alicyclic amines) is 1. The number of carbonyl (C=O) groups excluding carboxylic acids is 2. The van der Waals surface area contributed by atoms with Crippen molar-refractivity contribution in [2.75, 3.05) is 26.3 Å². The second kappa shape index (κ2) is 13.1. The molecule has 1 saturated heterocycles. The average Bonchev–Trinajstić information content (AvgIpc) is 3.75. The SMILES string of the molecule is Cc1c(C(=O)CCCOCC2CC2)ccc2nn(CC3CCN(C(=O)c4ccc(Oc5ccc(F)cc5)cc4)CC3)cc12. The van der Waals surface area contributed by atoms with Gasteiger partial charge in [0.2, 0.25) is 0 Å². The minimum Gasteiger partial charge on any atom is -0.457 e. The predicted molar refractivity (Wildman–Crippen MR) is 163 cm³/mol. The van der Waals surface area contributed by atoms with Gasteiger partial charge < -0.3 is 14.4 Å². The minimum atomic E-state index is -0.316. The van der Waals surface area contributed by atoms with E-state index < -0.39 is 0 Å². The maximum Gasteiger partial charge on any atom is 0.253 e. The van der Waals surface area contributed by atoms with Crippen LogP contribution < -0.4 is 4.74 Å². The molecule has 8 heteroatoms. The van der Waals surface area contributed by atoms with Crippen molar-refractivity contribution in [3.05, 3.63) is 89.4 Å². The zero-order valence-corrected chi connectivity index (χ0v) is 24.6. The van der Waals surface area contributed by atoms with Crippen molar-refractivity contribution in [2.45, 2.75) is 52.0 Å². The highest BCUT2D eigenvalue weighted by atomic mass is 19.1. The second-order valence-electron chi connectivity index (χ2n) is 11.9. The van der Waals surface area contributed by atoms with Crippen LogP contribution in [0.25, 0.3) is 10.9 Å². The van der Waals surface area contributed by atoms with Crippen LogP contribution in [-0.4, -0.2) is 52.7 Å². The van der Waals surface area contributed by atoms with Crippen LogP contribution in [-0.2, 0) is 11.3 Å². The molecule has 0 bridgehead atoms. The summed E-state index contributed by atoms with van der Waals surface area (Å²) in [6, 6.07) is 16.8. The molecule has 43 heavy (non-hydrogen) atoms. The van der Waals surface area contributed by atoms with Crippen molar-refractivity contribution in [3.63, 3.8) is 0 Å². The van der Waals surface area contributed by atoms with E-state index in [4.69, 9.17) is 14.6 Å². The van der Waals surface area contributed by atoms with E-state index in [9.17, 15) is 14.0 Å². The Morgan fingerprint density at radius 2 is 1.60 bits per heavy atom. The number of hydrogen-bond acceptors (Lipinski definition) is 5. The van der Waals surface area contributed by atoms with E-state index >= 15 is 0 Å². The van der Waals surface area contributed by atoms with E-state index in [0.29, 0.717) is 49.1 Å². The maximum absolute atomic E-state index is 13.1. The number of aromatic nitrogens is 2. The highest BCUT2D eigenvalue weighted by Crippen LogP contribution is 2.29. The lowest BCUT2D eigenvalue weighted by molar-refractivity contribution is 0.0681. The zero-order valence-electron chi connectivity index (χ0n) is 24.6. The smallest absolute Gasteiger partial charge is 0.253 e. The molecule has 2 aliphatic rings. The molecule has 7 nitrogen and oxygen atoms in total. The normalized spacial score (nSPS) is 15.6. The molecule has 0 radical (unpaired) electrons. The quantitative estimate of drug-likeness (QED) is 0.130. The molecule has 1 amide bonds. The van der Waals surface area contributed by atoms with Crippen LogP contribution in [0.3, 0.4) is 0 Å². The molecule has 2 heterocycles. The van der Waals surface area contributed by atoms with Crippen LogP contribution in [0.5, 0.6) is 11.5 Å².